The van der Waals surface area contributed by atoms with Crippen LogP contribution >= 0.6 is 0 Å². The van der Waals surface area contributed by atoms with Crippen LogP contribution in [0.25, 0.3) is 0 Å². The Morgan fingerprint density at radius 1 is 1.59 bits per heavy atom. The van der Waals surface area contributed by atoms with Gasteiger partial charge in [-0.3, -0.25) is 10.1 Å². The van der Waals surface area contributed by atoms with E-state index < -0.39 is 11.0 Å². The van der Waals surface area contributed by atoms with Crippen molar-refractivity contribution >= 4 is 11.8 Å². The molecule has 0 saturated carbocycles. The minimum Gasteiger partial charge on any atom is -0.490 e. The number of cyclic esters (lactones) is 1. The Labute approximate surface area is 96.5 Å². The van der Waals surface area contributed by atoms with Gasteiger partial charge in [-0.15, -0.1) is 0 Å². The second-order valence-corrected chi connectivity index (χ2v) is 3.48. The van der Waals surface area contributed by atoms with Gasteiger partial charge in [-0.05, 0) is 11.6 Å². The number of benzene rings is 1. The summed E-state index contributed by atoms with van der Waals surface area (Å²) in [6, 6.07) is 4.18. The van der Waals surface area contributed by atoms with Crippen LogP contribution in [0.5, 0.6) is 5.75 Å². The quantitative estimate of drug-likeness (QED) is 0.634. The number of nitrogens with zero attached hydrogens (tertiary/aromatic N) is 1. The number of nitro groups is 1. The van der Waals surface area contributed by atoms with E-state index >= 15 is 0 Å². The summed E-state index contributed by atoms with van der Waals surface area (Å²) in [7, 11) is 1.36. The van der Waals surface area contributed by atoms with Crippen molar-refractivity contribution in [1.29, 1.82) is 0 Å². The zero-order chi connectivity index (χ0) is 12.4. The van der Waals surface area contributed by atoms with Crippen molar-refractivity contribution in [1.82, 2.24) is 5.32 Å². The first kappa shape index (κ1) is 11.2. The lowest BCUT2D eigenvalue weighted by atomic mass is 10.1. The molecule has 1 aliphatic rings. The Morgan fingerprint density at radius 2 is 2.35 bits per heavy atom. The van der Waals surface area contributed by atoms with Crippen molar-refractivity contribution in [2.24, 2.45) is 0 Å². The predicted octanol–water partition coefficient (Wildman–Crippen LogP) is 1.38. The van der Waals surface area contributed by atoms with Gasteiger partial charge in [0.05, 0.1) is 18.1 Å². The van der Waals surface area contributed by atoms with Crippen molar-refractivity contribution in [3.63, 3.8) is 0 Å². The smallest absolute Gasteiger partial charge is 0.407 e. The topological polar surface area (TPSA) is 90.7 Å². The minimum atomic E-state index is -0.528. The molecule has 1 aromatic carbocycles. The van der Waals surface area contributed by atoms with Crippen LogP contribution in [-0.2, 0) is 4.74 Å². The van der Waals surface area contributed by atoms with E-state index in [0.29, 0.717) is 5.56 Å². The summed E-state index contributed by atoms with van der Waals surface area (Å²) >= 11 is 0. The summed E-state index contributed by atoms with van der Waals surface area (Å²) in [5, 5.41) is 13.4. The summed E-state index contributed by atoms with van der Waals surface area (Å²) < 4.78 is 9.61. The largest absolute Gasteiger partial charge is 0.490 e. The fourth-order valence-corrected chi connectivity index (χ4v) is 1.63. The summed E-state index contributed by atoms with van der Waals surface area (Å²) in [5.41, 5.74) is 0.481. The Morgan fingerprint density at radius 3 is 2.88 bits per heavy atom. The summed E-state index contributed by atoms with van der Waals surface area (Å²) in [4.78, 5) is 21.2. The third-order valence-corrected chi connectivity index (χ3v) is 2.48. The molecule has 1 aromatic rings. The molecule has 1 atom stereocenters. The van der Waals surface area contributed by atoms with Crippen LogP contribution in [0.1, 0.15) is 11.6 Å². The highest BCUT2D eigenvalue weighted by Crippen LogP contribution is 2.30. The number of hydrogen-bond acceptors (Lipinski definition) is 5. The van der Waals surface area contributed by atoms with Gasteiger partial charge in [0.25, 0.3) is 0 Å². The normalized spacial score (nSPS) is 18.4. The van der Waals surface area contributed by atoms with Gasteiger partial charge < -0.3 is 14.8 Å². The zero-order valence-corrected chi connectivity index (χ0v) is 9.00. The van der Waals surface area contributed by atoms with Crippen LogP contribution in [0.15, 0.2) is 18.2 Å². The number of carbonyl (C=O) groups is 1. The minimum absolute atomic E-state index is 0.133. The predicted molar refractivity (Wildman–Crippen MR) is 56.9 cm³/mol. The average Bonchev–Trinajstić information content (AvgIpc) is 2.75. The van der Waals surface area contributed by atoms with Crippen molar-refractivity contribution < 1.29 is 19.2 Å². The van der Waals surface area contributed by atoms with Crippen LogP contribution in [0.4, 0.5) is 10.5 Å². The molecule has 1 amide bonds. The van der Waals surface area contributed by atoms with Crippen LogP contribution in [-0.4, -0.2) is 24.7 Å². The Kier molecular flexibility index (Phi) is 2.82. The van der Waals surface area contributed by atoms with Crippen LogP contribution in [0.3, 0.4) is 0 Å². The molecule has 7 heteroatoms. The van der Waals surface area contributed by atoms with E-state index in [-0.39, 0.29) is 24.1 Å². The van der Waals surface area contributed by atoms with E-state index in [1.165, 1.54) is 19.2 Å². The Hall–Kier alpha value is -2.31. The molecule has 0 aliphatic carbocycles. The van der Waals surface area contributed by atoms with Gasteiger partial charge in [0, 0.05) is 6.07 Å². The molecule has 0 unspecified atom stereocenters. The highest BCUT2D eigenvalue weighted by molar-refractivity contribution is 5.70. The van der Waals surface area contributed by atoms with Gasteiger partial charge >= 0.3 is 11.8 Å². The van der Waals surface area contributed by atoms with Crippen LogP contribution < -0.4 is 10.1 Å². The molecule has 0 radical (unpaired) electrons. The molecule has 0 bridgehead atoms. The first-order valence-corrected chi connectivity index (χ1v) is 4.87. The van der Waals surface area contributed by atoms with Crippen LogP contribution in [0, 0.1) is 10.1 Å². The molecule has 1 N–H and O–H groups in total. The third-order valence-electron chi connectivity index (χ3n) is 2.48. The third kappa shape index (κ3) is 2.12. The number of amides is 1. The lowest BCUT2D eigenvalue weighted by Gasteiger charge is -2.08. The number of carbonyl (C=O) groups excluding carboxylic acids is 1. The van der Waals surface area contributed by atoms with Crippen molar-refractivity contribution in [2.75, 3.05) is 13.7 Å². The van der Waals surface area contributed by atoms with E-state index in [2.05, 4.69) is 5.32 Å². The van der Waals surface area contributed by atoms with Gasteiger partial charge in [0.1, 0.15) is 6.61 Å². The average molecular weight is 238 g/mol. The molecule has 2 rings (SSSR count). The molecule has 7 nitrogen and oxygen atoms in total. The standard InChI is InChI=1S/C10H10N2O5/c1-16-9-3-2-6(4-8(9)12(14)15)7-5-17-10(13)11-7/h2-4,7H,5H2,1H3,(H,11,13)/t7-/m1/s1. The molecule has 1 heterocycles. The highest BCUT2D eigenvalue weighted by Gasteiger charge is 2.26. The Balaban J connectivity index is 2.33. The zero-order valence-electron chi connectivity index (χ0n) is 9.00. The monoisotopic (exact) mass is 238 g/mol. The van der Waals surface area contributed by atoms with Gasteiger partial charge in [-0.1, -0.05) is 6.07 Å². The van der Waals surface area contributed by atoms with Gasteiger partial charge in [-0.25, -0.2) is 4.79 Å². The maximum atomic E-state index is 10.9. The number of hydrogen-bond donors (Lipinski definition) is 1. The molecule has 90 valence electrons. The summed E-state index contributed by atoms with van der Waals surface area (Å²) in [6.07, 6.45) is -0.520. The molecule has 1 aliphatic heterocycles. The van der Waals surface area contributed by atoms with Crippen molar-refractivity contribution in [2.45, 2.75) is 6.04 Å². The molecule has 0 spiro atoms. The molecule has 1 fully saturated rings. The highest BCUT2D eigenvalue weighted by atomic mass is 16.6. The number of rotatable bonds is 3. The summed E-state index contributed by atoms with van der Waals surface area (Å²) in [6.45, 7) is 0.169. The second-order valence-electron chi connectivity index (χ2n) is 3.48. The van der Waals surface area contributed by atoms with E-state index in [1.807, 2.05) is 0 Å². The fraction of sp³-hybridized carbons (Fsp3) is 0.300. The first-order valence-electron chi connectivity index (χ1n) is 4.87. The maximum absolute atomic E-state index is 10.9. The fourth-order valence-electron chi connectivity index (χ4n) is 1.63. The molecular formula is C10H10N2O5. The summed E-state index contributed by atoms with van der Waals surface area (Å²) in [5.74, 6) is 0.184. The number of nitro benzene ring substituents is 1. The molecule has 1 saturated heterocycles. The molecular weight excluding hydrogens is 228 g/mol. The number of nitrogens with one attached hydrogen (secondary N) is 1. The number of alkyl carbamates (subject to hydrolysis) is 1. The number of ether oxygens (including phenoxy) is 2. The van der Waals surface area contributed by atoms with E-state index in [9.17, 15) is 14.9 Å². The van der Waals surface area contributed by atoms with Gasteiger partial charge in [0.15, 0.2) is 5.75 Å². The molecule has 0 aromatic heterocycles. The SMILES string of the molecule is COc1ccc([C@H]2COC(=O)N2)cc1[N+](=O)[O-]. The van der Waals surface area contributed by atoms with Gasteiger partial charge in [0.2, 0.25) is 0 Å². The lowest BCUT2D eigenvalue weighted by molar-refractivity contribution is -0.385. The van der Waals surface area contributed by atoms with Crippen molar-refractivity contribution in [3.8, 4) is 5.75 Å². The Bertz CT molecular complexity index is 474. The van der Waals surface area contributed by atoms with Gasteiger partial charge in [-0.2, -0.15) is 0 Å². The lowest BCUT2D eigenvalue weighted by Crippen LogP contribution is -2.18. The second kappa shape index (κ2) is 4.28. The first-order chi connectivity index (χ1) is 8.11. The van der Waals surface area contributed by atoms with E-state index in [0.717, 1.165) is 0 Å². The van der Waals surface area contributed by atoms with Crippen molar-refractivity contribution in [3.05, 3.63) is 33.9 Å². The van der Waals surface area contributed by atoms with Crippen LogP contribution in [0.2, 0.25) is 0 Å². The van der Waals surface area contributed by atoms with E-state index in [4.69, 9.17) is 9.47 Å². The maximum Gasteiger partial charge on any atom is 0.407 e. The molecule has 17 heavy (non-hydrogen) atoms. The van der Waals surface area contributed by atoms with E-state index in [1.54, 1.807) is 6.07 Å². The number of methoxy groups -OCH3 is 1.